The topological polar surface area (TPSA) is 25.2 Å². The molecule has 1 unspecified atom stereocenters. The number of halogens is 3. The molecule has 1 fully saturated rings. The predicted octanol–water partition coefficient (Wildman–Crippen LogP) is 6.08. The van der Waals surface area contributed by atoms with Crippen molar-refractivity contribution in [3.63, 3.8) is 0 Å². The first-order chi connectivity index (χ1) is 14.3. The first-order valence-electron chi connectivity index (χ1n) is 9.97. The Morgan fingerprint density at radius 1 is 1.00 bits per heavy atom. The number of rotatable bonds is 5. The van der Waals surface area contributed by atoms with E-state index in [1.807, 2.05) is 61.5 Å². The zero-order chi connectivity index (χ0) is 21.5. The molecule has 1 aliphatic carbocycles. The maximum Gasteiger partial charge on any atom is 0.418 e. The van der Waals surface area contributed by atoms with Crippen molar-refractivity contribution in [2.24, 2.45) is 7.05 Å². The van der Waals surface area contributed by atoms with Gasteiger partial charge in [0.25, 0.3) is 5.91 Å². The molecule has 3 aromatic rings. The van der Waals surface area contributed by atoms with Crippen LogP contribution in [0.1, 0.15) is 47.3 Å². The molecule has 156 valence electrons. The molecule has 0 saturated heterocycles. The second kappa shape index (κ2) is 7.67. The van der Waals surface area contributed by atoms with Crippen LogP contribution in [0, 0.1) is 0 Å². The van der Waals surface area contributed by atoms with Gasteiger partial charge in [-0.2, -0.15) is 13.2 Å². The van der Waals surface area contributed by atoms with Gasteiger partial charge in [0.05, 0.1) is 17.2 Å². The molecule has 1 amide bonds. The van der Waals surface area contributed by atoms with Crippen molar-refractivity contribution in [3.8, 4) is 11.1 Å². The van der Waals surface area contributed by atoms with E-state index in [2.05, 4.69) is 0 Å². The molecule has 2 aromatic carbocycles. The minimum absolute atomic E-state index is 0.0254. The Bertz CT molecular complexity index is 1030. The first kappa shape index (κ1) is 20.3. The molecule has 0 spiro atoms. The summed E-state index contributed by atoms with van der Waals surface area (Å²) in [5, 5.41) is 0. The fourth-order valence-corrected chi connectivity index (χ4v) is 3.87. The van der Waals surface area contributed by atoms with Crippen LogP contribution in [0.25, 0.3) is 11.1 Å². The molecule has 0 bridgehead atoms. The number of nitrogens with zero attached hydrogens (tertiary/aromatic N) is 2. The van der Waals surface area contributed by atoms with Gasteiger partial charge in [0.2, 0.25) is 0 Å². The number of benzene rings is 2. The number of carbonyl (C=O) groups excluding carboxylic acids is 1. The minimum Gasteiger partial charge on any atom is -0.356 e. The van der Waals surface area contributed by atoms with Crippen LogP contribution in [-0.4, -0.2) is 21.4 Å². The fourth-order valence-electron chi connectivity index (χ4n) is 3.87. The molecule has 4 rings (SSSR count). The van der Waals surface area contributed by atoms with E-state index >= 15 is 0 Å². The molecule has 0 N–H and O–H groups in total. The van der Waals surface area contributed by atoms with Gasteiger partial charge in [0.15, 0.2) is 0 Å². The second-order valence-electron chi connectivity index (χ2n) is 7.86. The van der Waals surface area contributed by atoms with Crippen molar-refractivity contribution >= 4 is 5.91 Å². The van der Waals surface area contributed by atoms with Gasteiger partial charge in [0.1, 0.15) is 0 Å². The summed E-state index contributed by atoms with van der Waals surface area (Å²) in [5.74, 6) is -0.565. The van der Waals surface area contributed by atoms with Gasteiger partial charge in [-0.1, -0.05) is 54.6 Å². The predicted molar refractivity (Wildman–Crippen MR) is 110 cm³/mol. The van der Waals surface area contributed by atoms with E-state index in [0.717, 1.165) is 35.7 Å². The summed E-state index contributed by atoms with van der Waals surface area (Å²) in [7, 11) is 1.50. The lowest BCUT2D eigenvalue weighted by atomic mass is 10.00. The van der Waals surface area contributed by atoms with Crippen molar-refractivity contribution in [2.75, 3.05) is 0 Å². The lowest BCUT2D eigenvalue weighted by molar-refractivity contribution is -0.138. The van der Waals surface area contributed by atoms with E-state index < -0.39 is 17.6 Å². The quantitative estimate of drug-likeness (QED) is 0.499. The fraction of sp³-hybridized carbons (Fsp3) is 0.292. The number of amides is 1. The molecule has 1 aromatic heterocycles. The van der Waals surface area contributed by atoms with Crippen LogP contribution in [-0.2, 0) is 13.2 Å². The van der Waals surface area contributed by atoms with Gasteiger partial charge < -0.3 is 9.47 Å². The largest absolute Gasteiger partial charge is 0.418 e. The number of aromatic nitrogens is 1. The van der Waals surface area contributed by atoms with Gasteiger partial charge in [-0.25, -0.2) is 0 Å². The van der Waals surface area contributed by atoms with E-state index in [1.165, 1.54) is 17.8 Å². The van der Waals surface area contributed by atoms with Gasteiger partial charge >= 0.3 is 6.18 Å². The zero-order valence-electron chi connectivity index (χ0n) is 16.9. The normalized spacial score (nSPS) is 15.1. The maximum atomic E-state index is 13.4. The molecule has 1 aliphatic rings. The van der Waals surface area contributed by atoms with Crippen LogP contribution in [0.2, 0.25) is 0 Å². The van der Waals surface area contributed by atoms with Crippen molar-refractivity contribution < 1.29 is 18.0 Å². The van der Waals surface area contributed by atoms with Crippen LogP contribution >= 0.6 is 0 Å². The first-order valence-corrected chi connectivity index (χ1v) is 9.97. The highest BCUT2D eigenvalue weighted by molar-refractivity contribution is 5.96. The highest BCUT2D eigenvalue weighted by atomic mass is 19.4. The monoisotopic (exact) mass is 412 g/mol. The molecule has 6 heteroatoms. The van der Waals surface area contributed by atoms with Crippen molar-refractivity contribution in [1.82, 2.24) is 9.47 Å². The number of carbonyl (C=O) groups is 1. The number of alkyl halides is 3. The van der Waals surface area contributed by atoms with Gasteiger partial charge in [-0.15, -0.1) is 0 Å². The third kappa shape index (κ3) is 3.99. The van der Waals surface area contributed by atoms with E-state index in [4.69, 9.17) is 0 Å². The van der Waals surface area contributed by atoms with Gasteiger partial charge in [0, 0.05) is 25.5 Å². The molecule has 0 aliphatic heterocycles. The number of hydrogen-bond acceptors (Lipinski definition) is 1. The molecule has 1 heterocycles. The Balaban J connectivity index is 1.63. The van der Waals surface area contributed by atoms with E-state index in [-0.39, 0.29) is 17.6 Å². The Hall–Kier alpha value is -3.02. The highest BCUT2D eigenvalue weighted by Crippen LogP contribution is 2.39. The van der Waals surface area contributed by atoms with Gasteiger partial charge in [-0.3, -0.25) is 4.79 Å². The summed E-state index contributed by atoms with van der Waals surface area (Å²) in [5.41, 5.74) is 1.88. The average molecular weight is 412 g/mol. The third-order valence-electron chi connectivity index (χ3n) is 5.58. The van der Waals surface area contributed by atoms with Crippen molar-refractivity contribution in [3.05, 3.63) is 83.7 Å². The van der Waals surface area contributed by atoms with Crippen molar-refractivity contribution in [2.45, 2.75) is 38.0 Å². The van der Waals surface area contributed by atoms with Gasteiger partial charge in [-0.05, 0) is 36.5 Å². The molecule has 0 radical (unpaired) electrons. The summed E-state index contributed by atoms with van der Waals surface area (Å²) in [6.07, 6.45) is -0.704. The molecule has 3 nitrogen and oxygen atoms in total. The Labute approximate surface area is 173 Å². The minimum atomic E-state index is -4.57. The smallest absolute Gasteiger partial charge is 0.356 e. The summed E-state index contributed by atoms with van der Waals surface area (Å²) in [4.78, 5) is 14.8. The van der Waals surface area contributed by atoms with Crippen molar-refractivity contribution in [1.29, 1.82) is 0 Å². The summed E-state index contributed by atoms with van der Waals surface area (Å²) < 4.78 is 41.6. The number of hydrogen-bond donors (Lipinski definition) is 0. The van der Waals surface area contributed by atoms with E-state index in [0.29, 0.717) is 0 Å². The molecule has 1 saturated carbocycles. The molecular weight excluding hydrogens is 389 g/mol. The van der Waals surface area contributed by atoms with Crippen LogP contribution in [0.4, 0.5) is 13.2 Å². The zero-order valence-corrected chi connectivity index (χ0v) is 16.9. The highest BCUT2D eigenvalue weighted by Gasteiger charge is 2.42. The SMILES string of the molecule is CC(c1ccc(-c2ccccc2)cc1)N(C(=O)c1cn(C)cc1C(F)(F)F)C1CC1. The maximum absolute atomic E-state index is 13.4. The van der Waals surface area contributed by atoms with E-state index in [9.17, 15) is 18.0 Å². The second-order valence-corrected chi connectivity index (χ2v) is 7.86. The lowest BCUT2D eigenvalue weighted by Gasteiger charge is -2.30. The standard InChI is InChI=1S/C24H23F3N2O/c1-16(17-8-10-19(11-9-17)18-6-4-3-5-7-18)29(20-12-13-20)23(30)21-14-28(2)15-22(21)24(25,26)27/h3-11,14-16,20H,12-13H2,1-2H3. The Morgan fingerprint density at radius 2 is 1.60 bits per heavy atom. The number of aryl methyl sites for hydroxylation is 1. The molecule has 1 atom stereocenters. The Morgan fingerprint density at radius 3 is 2.17 bits per heavy atom. The van der Waals surface area contributed by atoms with Crippen LogP contribution < -0.4 is 0 Å². The Kier molecular flexibility index (Phi) is 5.18. The summed E-state index contributed by atoms with van der Waals surface area (Å²) in [6, 6.07) is 17.5. The molecule has 30 heavy (non-hydrogen) atoms. The van der Waals surface area contributed by atoms with Crippen LogP contribution in [0.3, 0.4) is 0 Å². The molecular formula is C24H23F3N2O. The van der Waals surface area contributed by atoms with E-state index in [1.54, 1.807) is 4.90 Å². The summed E-state index contributed by atoms with van der Waals surface area (Å²) >= 11 is 0. The third-order valence-corrected chi connectivity index (χ3v) is 5.58. The summed E-state index contributed by atoms with van der Waals surface area (Å²) in [6.45, 7) is 1.88. The lowest BCUT2D eigenvalue weighted by Crippen LogP contribution is -2.36. The average Bonchev–Trinajstić information content (AvgIpc) is 3.47. The van der Waals surface area contributed by atoms with Crippen LogP contribution in [0.5, 0.6) is 0 Å². The van der Waals surface area contributed by atoms with Crippen LogP contribution in [0.15, 0.2) is 67.0 Å².